The van der Waals surface area contributed by atoms with Crippen LogP contribution in [0.3, 0.4) is 0 Å². The fraction of sp³-hybridized carbons (Fsp3) is 0.750. The molecule has 0 rings (SSSR count). The Kier molecular flexibility index (Phi) is 19.2. The SMILES string of the molecule is O=CCCC=O.OCCCCO. The van der Waals surface area contributed by atoms with Gasteiger partial charge in [-0.3, -0.25) is 0 Å². The average molecular weight is 176 g/mol. The third kappa shape index (κ3) is 22.8. The van der Waals surface area contributed by atoms with E-state index in [2.05, 4.69) is 0 Å². The Morgan fingerprint density at radius 3 is 1.33 bits per heavy atom. The van der Waals surface area contributed by atoms with E-state index >= 15 is 0 Å². The van der Waals surface area contributed by atoms with E-state index < -0.39 is 0 Å². The van der Waals surface area contributed by atoms with Crippen molar-refractivity contribution < 1.29 is 19.8 Å². The monoisotopic (exact) mass is 176 g/mol. The third-order valence-electron chi connectivity index (χ3n) is 0.969. The largest absolute Gasteiger partial charge is 0.396 e. The minimum Gasteiger partial charge on any atom is -0.396 e. The van der Waals surface area contributed by atoms with Crippen LogP contribution in [0, 0.1) is 0 Å². The van der Waals surface area contributed by atoms with Crippen molar-refractivity contribution in [2.75, 3.05) is 13.2 Å². The number of rotatable bonds is 6. The molecule has 0 atom stereocenters. The van der Waals surface area contributed by atoms with Crippen molar-refractivity contribution in [2.45, 2.75) is 25.7 Å². The molecule has 0 aromatic carbocycles. The maximum Gasteiger partial charge on any atom is 0.120 e. The molecule has 12 heavy (non-hydrogen) atoms. The summed E-state index contributed by atoms with van der Waals surface area (Å²) in [5.41, 5.74) is 0. The van der Waals surface area contributed by atoms with Crippen LogP contribution in [-0.4, -0.2) is 36.0 Å². The van der Waals surface area contributed by atoms with E-state index in [9.17, 15) is 9.59 Å². The fourth-order valence-electron chi connectivity index (χ4n) is 0.360. The molecule has 0 saturated carbocycles. The number of aliphatic hydroxyl groups is 2. The molecular weight excluding hydrogens is 160 g/mol. The summed E-state index contributed by atoms with van der Waals surface area (Å²) in [5, 5.41) is 16.2. The van der Waals surface area contributed by atoms with Crippen molar-refractivity contribution >= 4 is 12.6 Å². The van der Waals surface area contributed by atoms with Crippen molar-refractivity contribution in [3.05, 3.63) is 0 Å². The molecule has 0 aliphatic carbocycles. The lowest BCUT2D eigenvalue weighted by atomic mass is 10.3. The molecule has 0 aromatic rings. The molecule has 72 valence electrons. The van der Waals surface area contributed by atoms with Gasteiger partial charge in [0.15, 0.2) is 0 Å². The van der Waals surface area contributed by atoms with E-state index in [-0.39, 0.29) is 13.2 Å². The van der Waals surface area contributed by atoms with Crippen LogP contribution in [0.4, 0.5) is 0 Å². The summed E-state index contributed by atoms with van der Waals surface area (Å²) < 4.78 is 0. The molecule has 0 radical (unpaired) electrons. The Morgan fingerprint density at radius 2 is 1.17 bits per heavy atom. The highest BCUT2D eigenvalue weighted by atomic mass is 16.3. The number of aliphatic hydroxyl groups excluding tert-OH is 2. The molecule has 4 nitrogen and oxygen atoms in total. The van der Waals surface area contributed by atoms with Gasteiger partial charge in [0, 0.05) is 26.1 Å². The summed E-state index contributed by atoms with van der Waals surface area (Å²) in [5.74, 6) is 0. The lowest BCUT2D eigenvalue weighted by molar-refractivity contribution is -0.112. The zero-order chi connectivity index (χ0) is 9.66. The summed E-state index contributed by atoms with van der Waals surface area (Å²) in [6, 6.07) is 0. The van der Waals surface area contributed by atoms with Gasteiger partial charge in [-0.1, -0.05) is 0 Å². The zero-order valence-electron chi connectivity index (χ0n) is 7.11. The van der Waals surface area contributed by atoms with Crippen molar-refractivity contribution in [3.63, 3.8) is 0 Å². The molecular formula is C8H16O4. The Bertz CT molecular complexity index is 81.1. The van der Waals surface area contributed by atoms with E-state index in [4.69, 9.17) is 10.2 Å². The van der Waals surface area contributed by atoms with Gasteiger partial charge in [-0.25, -0.2) is 0 Å². The maximum absolute atomic E-state index is 9.40. The lowest BCUT2D eigenvalue weighted by Gasteiger charge is -1.85. The number of unbranched alkanes of at least 4 members (excludes halogenated alkanes) is 2. The normalized spacial score (nSPS) is 8.17. The molecule has 0 fully saturated rings. The van der Waals surface area contributed by atoms with Gasteiger partial charge in [0.05, 0.1) is 0 Å². The molecule has 0 bridgehead atoms. The van der Waals surface area contributed by atoms with Gasteiger partial charge in [0.25, 0.3) is 0 Å². The van der Waals surface area contributed by atoms with Gasteiger partial charge < -0.3 is 19.8 Å². The standard InChI is InChI=1S/C4H10O2.C4H6O2/c2*5-3-1-2-4-6/h5-6H,1-4H2;3-4H,1-2H2. The molecule has 0 aliphatic rings. The van der Waals surface area contributed by atoms with Crippen molar-refractivity contribution in [3.8, 4) is 0 Å². The first-order valence-corrected chi connectivity index (χ1v) is 3.92. The number of hydrogen-bond donors (Lipinski definition) is 2. The molecule has 4 heteroatoms. The summed E-state index contributed by atoms with van der Waals surface area (Å²) in [7, 11) is 0. The number of carbonyl (C=O) groups excluding carboxylic acids is 2. The first kappa shape index (κ1) is 13.8. The fourth-order valence-corrected chi connectivity index (χ4v) is 0.360. The second kappa shape index (κ2) is 16.7. The molecule has 0 aromatic heterocycles. The summed E-state index contributed by atoms with van der Waals surface area (Å²) >= 11 is 0. The van der Waals surface area contributed by atoms with E-state index in [0.717, 1.165) is 25.4 Å². The van der Waals surface area contributed by atoms with Crippen LogP contribution in [0.25, 0.3) is 0 Å². The quantitative estimate of drug-likeness (QED) is 0.438. The highest BCUT2D eigenvalue weighted by Gasteiger charge is 1.77. The lowest BCUT2D eigenvalue weighted by Crippen LogP contribution is -1.85. The summed E-state index contributed by atoms with van der Waals surface area (Å²) in [6.07, 6.45) is 3.63. The second-order valence-corrected chi connectivity index (χ2v) is 2.07. The van der Waals surface area contributed by atoms with Crippen LogP contribution in [0.1, 0.15) is 25.7 Å². The first-order chi connectivity index (χ1) is 5.83. The third-order valence-corrected chi connectivity index (χ3v) is 0.969. The van der Waals surface area contributed by atoms with Gasteiger partial charge in [-0.2, -0.15) is 0 Å². The van der Waals surface area contributed by atoms with Crippen molar-refractivity contribution in [1.29, 1.82) is 0 Å². The van der Waals surface area contributed by atoms with Gasteiger partial charge in [0.2, 0.25) is 0 Å². The van der Waals surface area contributed by atoms with Gasteiger partial charge in [-0.05, 0) is 12.8 Å². The molecule has 2 N–H and O–H groups in total. The van der Waals surface area contributed by atoms with Crippen molar-refractivity contribution in [2.24, 2.45) is 0 Å². The maximum atomic E-state index is 9.40. The Hall–Kier alpha value is -0.740. The number of aldehydes is 2. The average Bonchev–Trinajstić information content (AvgIpc) is 2.12. The minimum absolute atomic E-state index is 0.195. The van der Waals surface area contributed by atoms with E-state index in [0.29, 0.717) is 12.8 Å². The number of hydrogen-bond acceptors (Lipinski definition) is 4. The Labute approximate surface area is 72.2 Å². The topological polar surface area (TPSA) is 74.6 Å². The predicted octanol–water partition coefficient (Wildman–Crippen LogP) is -0.0844. The summed E-state index contributed by atoms with van der Waals surface area (Å²) in [4.78, 5) is 18.8. The molecule has 0 spiro atoms. The van der Waals surface area contributed by atoms with Gasteiger partial charge in [-0.15, -0.1) is 0 Å². The van der Waals surface area contributed by atoms with Crippen LogP contribution in [-0.2, 0) is 9.59 Å². The zero-order valence-corrected chi connectivity index (χ0v) is 7.11. The van der Waals surface area contributed by atoms with Crippen LogP contribution in [0.15, 0.2) is 0 Å². The van der Waals surface area contributed by atoms with E-state index in [1.54, 1.807) is 0 Å². The van der Waals surface area contributed by atoms with Crippen LogP contribution < -0.4 is 0 Å². The Balaban J connectivity index is 0. The second-order valence-electron chi connectivity index (χ2n) is 2.07. The van der Waals surface area contributed by atoms with E-state index in [1.807, 2.05) is 0 Å². The molecule has 0 heterocycles. The molecule has 0 amide bonds. The highest BCUT2D eigenvalue weighted by Crippen LogP contribution is 1.80. The minimum atomic E-state index is 0.195. The molecule has 0 aliphatic heterocycles. The van der Waals surface area contributed by atoms with E-state index in [1.165, 1.54) is 0 Å². The van der Waals surface area contributed by atoms with Gasteiger partial charge in [0.1, 0.15) is 12.6 Å². The van der Waals surface area contributed by atoms with Crippen LogP contribution in [0.2, 0.25) is 0 Å². The van der Waals surface area contributed by atoms with Gasteiger partial charge >= 0.3 is 0 Å². The first-order valence-electron chi connectivity index (χ1n) is 3.92. The molecule has 0 unspecified atom stereocenters. The number of carbonyl (C=O) groups is 2. The van der Waals surface area contributed by atoms with Crippen molar-refractivity contribution in [1.82, 2.24) is 0 Å². The van der Waals surface area contributed by atoms with Crippen LogP contribution in [0.5, 0.6) is 0 Å². The smallest absolute Gasteiger partial charge is 0.120 e. The Morgan fingerprint density at radius 1 is 0.833 bits per heavy atom. The molecule has 0 saturated heterocycles. The highest BCUT2D eigenvalue weighted by molar-refractivity contribution is 5.58. The van der Waals surface area contributed by atoms with Crippen LogP contribution >= 0.6 is 0 Å². The predicted molar refractivity (Wildman–Crippen MR) is 44.8 cm³/mol. The summed E-state index contributed by atoms with van der Waals surface area (Å²) in [6.45, 7) is 0.390.